The number of aromatic amines is 1. The van der Waals surface area contributed by atoms with Crippen LogP contribution in [0.2, 0.25) is 5.15 Å². The Morgan fingerprint density at radius 1 is 1.57 bits per heavy atom. The Kier molecular flexibility index (Phi) is 2.57. The number of hydrogen-bond donors (Lipinski definition) is 1. The van der Waals surface area contributed by atoms with Gasteiger partial charge in [0.2, 0.25) is 0 Å². The highest BCUT2D eigenvalue weighted by molar-refractivity contribution is 7.99. The molecule has 0 atom stereocenters. The van der Waals surface area contributed by atoms with Gasteiger partial charge >= 0.3 is 5.69 Å². The van der Waals surface area contributed by atoms with E-state index in [1.165, 1.54) is 16.3 Å². The van der Waals surface area contributed by atoms with E-state index in [1.54, 1.807) is 7.05 Å². The third kappa shape index (κ3) is 1.68. The molecule has 1 N–H and O–H groups in total. The van der Waals surface area contributed by atoms with Crippen LogP contribution in [0.25, 0.3) is 0 Å². The maximum atomic E-state index is 11.0. The molecule has 9 heteroatoms. The molecule has 2 heterocycles. The molecule has 0 aliphatic heterocycles. The van der Waals surface area contributed by atoms with Gasteiger partial charge in [-0.25, -0.2) is 9.89 Å². The summed E-state index contributed by atoms with van der Waals surface area (Å²) < 4.78 is 9.13. The molecule has 6 nitrogen and oxygen atoms in total. The van der Waals surface area contributed by atoms with Gasteiger partial charge in [-0.15, -0.1) is 5.10 Å². The quantitative estimate of drug-likeness (QED) is 0.851. The summed E-state index contributed by atoms with van der Waals surface area (Å²) in [6, 6.07) is 0. The lowest BCUT2D eigenvalue weighted by atomic mass is 10.9. The molecular weight excluding hydrogens is 246 g/mol. The molecule has 2 rings (SSSR count). The molecule has 74 valence electrons. The molecule has 0 spiro atoms. The minimum atomic E-state index is -0.271. The SMILES string of the molecule is Cn1c(Sc2nsnc2Cl)n[nH]c1=O. The molecule has 2 aromatic rings. The molecule has 2 aromatic heterocycles. The van der Waals surface area contributed by atoms with E-state index < -0.39 is 0 Å². The van der Waals surface area contributed by atoms with Crippen LogP contribution in [0.4, 0.5) is 0 Å². The second-order valence-electron chi connectivity index (χ2n) is 2.33. The fraction of sp³-hybridized carbons (Fsp3) is 0.200. The Bertz CT molecular complexity index is 502. The maximum Gasteiger partial charge on any atom is 0.343 e. The van der Waals surface area contributed by atoms with Gasteiger partial charge in [-0.05, 0) is 11.8 Å². The highest BCUT2D eigenvalue weighted by atomic mass is 35.5. The van der Waals surface area contributed by atoms with Crippen LogP contribution >= 0.6 is 35.1 Å². The van der Waals surface area contributed by atoms with Crippen LogP contribution < -0.4 is 5.69 Å². The molecule has 0 aromatic carbocycles. The standard InChI is InChI=1S/C5H4ClN5OS2/c1-11-4(12)7-8-5(11)13-3-2(6)9-14-10-3/h1H3,(H,7,12). The minimum Gasteiger partial charge on any atom is -0.273 e. The first-order chi connectivity index (χ1) is 6.68. The van der Waals surface area contributed by atoms with Crippen LogP contribution in [0.15, 0.2) is 15.0 Å². The molecule has 0 aliphatic rings. The molecular formula is C5H4ClN5OS2. The number of nitrogens with zero attached hydrogens (tertiary/aromatic N) is 4. The highest BCUT2D eigenvalue weighted by Crippen LogP contribution is 2.28. The topological polar surface area (TPSA) is 76.5 Å². The third-order valence-electron chi connectivity index (χ3n) is 1.45. The van der Waals surface area contributed by atoms with Gasteiger partial charge in [0.1, 0.15) is 0 Å². The maximum absolute atomic E-state index is 11.0. The Balaban J connectivity index is 2.32. The van der Waals surface area contributed by atoms with Crippen molar-refractivity contribution in [3.05, 3.63) is 15.6 Å². The van der Waals surface area contributed by atoms with E-state index in [2.05, 4.69) is 18.9 Å². The zero-order chi connectivity index (χ0) is 10.1. The van der Waals surface area contributed by atoms with Crippen molar-refractivity contribution in [3.8, 4) is 0 Å². The van der Waals surface area contributed by atoms with E-state index in [1.807, 2.05) is 0 Å². The van der Waals surface area contributed by atoms with Crippen molar-refractivity contribution >= 4 is 35.1 Å². The van der Waals surface area contributed by atoms with Gasteiger partial charge in [-0.2, -0.15) is 8.75 Å². The lowest BCUT2D eigenvalue weighted by Gasteiger charge is -1.94. The number of hydrogen-bond acceptors (Lipinski definition) is 6. The number of rotatable bonds is 2. The summed E-state index contributed by atoms with van der Waals surface area (Å²) in [5, 5.41) is 7.50. The first-order valence-electron chi connectivity index (χ1n) is 3.46. The Labute approximate surface area is 91.6 Å². The van der Waals surface area contributed by atoms with Crippen LogP contribution in [0.1, 0.15) is 0 Å². The van der Waals surface area contributed by atoms with Crippen LogP contribution in [-0.2, 0) is 7.05 Å². The van der Waals surface area contributed by atoms with Crippen molar-refractivity contribution in [1.82, 2.24) is 23.5 Å². The molecule has 0 saturated carbocycles. The van der Waals surface area contributed by atoms with Gasteiger partial charge in [-0.3, -0.25) is 4.57 Å². The van der Waals surface area contributed by atoms with E-state index in [0.29, 0.717) is 15.3 Å². The smallest absolute Gasteiger partial charge is 0.273 e. The van der Waals surface area contributed by atoms with Gasteiger partial charge in [-0.1, -0.05) is 11.6 Å². The first kappa shape index (κ1) is 9.69. The number of aromatic nitrogens is 5. The summed E-state index contributed by atoms with van der Waals surface area (Å²) in [6.07, 6.45) is 0. The van der Waals surface area contributed by atoms with Gasteiger partial charge < -0.3 is 0 Å². The van der Waals surface area contributed by atoms with Crippen LogP contribution in [0, 0.1) is 0 Å². The summed E-state index contributed by atoms with van der Waals surface area (Å²) in [7, 11) is 1.61. The average Bonchev–Trinajstić information content (AvgIpc) is 2.68. The average molecular weight is 250 g/mol. The lowest BCUT2D eigenvalue weighted by molar-refractivity contribution is 0.765. The predicted octanol–water partition coefficient (Wildman–Crippen LogP) is 0.764. The lowest BCUT2D eigenvalue weighted by Crippen LogP contribution is -2.12. The Morgan fingerprint density at radius 3 is 2.86 bits per heavy atom. The Morgan fingerprint density at radius 2 is 2.36 bits per heavy atom. The molecule has 0 fully saturated rings. The molecule has 0 aliphatic carbocycles. The van der Waals surface area contributed by atoms with Crippen molar-refractivity contribution in [1.29, 1.82) is 0 Å². The first-order valence-corrected chi connectivity index (χ1v) is 5.38. The van der Waals surface area contributed by atoms with Gasteiger partial charge in [0.05, 0.1) is 11.7 Å². The number of nitrogens with one attached hydrogen (secondary N) is 1. The molecule has 0 radical (unpaired) electrons. The van der Waals surface area contributed by atoms with Crippen molar-refractivity contribution in [2.24, 2.45) is 7.05 Å². The summed E-state index contributed by atoms with van der Waals surface area (Å²) in [5.41, 5.74) is -0.271. The number of H-pyrrole nitrogens is 1. The van der Waals surface area contributed by atoms with Gasteiger partial charge in [0.25, 0.3) is 0 Å². The zero-order valence-corrected chi connectivity index (χ0v) is 9.28. The van der Waals surface area contributed by atoms with E-state index in [0.717, 1.165) is 11.7 Å². The highest BCUT2D eigenvalue weighted by Gasteiger charge is 2.12. The van der Waals surface area contributed by atoms with E-state index in [4.69, 9.17) is 11.6 Å². The van der Waals surface area contributed by atoms with Crippen LogP contribution in [0.5, 0.6) is 0 Å². The van der Waals surface area contributed by atoms with Crippen molar-refractivity contribution in [3.63, 3.8) is 0 Å². The van der Waals surface area contributed by atoms with E-state index in [9.17, 15) is 4.79 Å². The Hall–Kier alpha value is -0.860. The van der Waals surface area contributed by atoms with Crippen molar-refractivity contribution < 1.29 is 0 Å². The number of halogens is 1. The largest absolute Gasteiger partial charge is 0.343 e. The molecule has 0 unspecified atom stereocenters. The fourth-order valence-electron chi connectivity index (χ4n) is 0.741. The van der Waals surface area contributed by atoms with E-state index >= 15 is 0 Å². The molecule has 0 saturated heterocycles. The zero-order valence-electron chi connectivity index (χ0n) is 6.89. The normalized spacial score (nSPS) is 10.7. The van der Waals surface area contributed by atoms with Gasteiger partial charge in [0.15, 0.2) is 15.3 Å². The summed E-state index contributed by atoms with van der Waals surface area (Å²) >= 11 is 7.95. The minimum absolute atomic E-state index is 0.271. The fourth-order valence-corrected chi connectivity index (χ4v) is 2.32. The van der Waals surface area contributed by atoms with E-state index in [-0.39, 0.29) is 5.69 Å². The van der Waals surface area contributed by atoms with Crippen LogP contribution in [-0.4, -0.2) is 23.5 Å². The summed E-state index contributed by atoms with van der Waals surface area (Å²) in [4.78, 5) is 11.0. The third-order valence-corrected chi connectivity index (χ3v) is 3.59. The van der Waals surface area contributed by atoms with Crippen LogP contribution in [0.3, 0.4) is 0 Å². The predicted molar refractivity (Wildman–Crippen MR) is 52.9 cm³/mol. The monoisotopic (exact) mass is 249 g/mol. The van der Waals surface area contributed by atoms with Crippen molar-refractivity contribution in [2.45, 2.75) is 10.2 Å². The summed E-state index contributed by atoms with van der Waals surface area (Å²) in [6.45, 7) is 0. The second-order valence-corrected chi connectivity index (χ2v) is 4.18. The summed E-state index contributed by atoms with van der Waals surface area (Å²) in [5.74, 6) is 0. The molecule has 0 amide bonds. The van der Waals surface area contributed by atoms with Crippen molar-refractivity contribution in [2.75, 3.05) is 0 Å². The molecule has 14 heavy (non-hydrogen) atoms. The second kappa shape index (κ2) is 3.71. The molecule has 0 bridgehead atoms. The van der Waals surface area contributed by atoms with Gasteiger partial charge in [0, 0.05) is 7.05 Å².